The van der Waals surface area contributed by atoms with Crippen LogP contribution in [0.2, 0.25) is 0 Å². The van der Waals surface area contributed by atoms with E-state index in [9.17, 15) is 4.79 Å². The number of thiazole rings is 1. The van der Waals surface area contributed by atoms with Crippen molar-refractivity contribution in [3.05, 3.63) is 23.8 Å². The Morgan fingerprint density at radius 2 is 2.21 bits per heavy atom. The van der Waals surface area contributed by atoms with Crippen molar-refractivity contribution in [3.8, 4) is 0 Å². The zero-order valence-corrected chi connectivity index (χ0v) is 12.3. The molecular weight excluding hydrogens is 258 g/mol. The Morgan fingerprint density at radius 3 is 2.89 bits per heavy atom. The lowest BCUT2D eigenvalue weighted by Gasteiger charge is -2.20. The molecule has 19 heavy (non-hydrogen) atoms. The van der Waals surface area contributed by atoms with Crippen LogP contribution >= 0.6 is 11.3 Å². The van der Waals surface area contributed by atoms with Gasteiger partial charge in [0.1, 0.15) is 0 Å². The topological polar surface area (TPSA) is 68.0 Å². The van der Waals surface area contributed by atoms with Crippen LogP contribution in [0.3, 0.4) is 0 Å². The zero-order chi connectivity index (χ0) is 14.0. The first-order chi connectivity index (χ1) is 8.89. The third-order valence-corrected chi connectivity index (χ3v) is 3.92. The SMILES string of the molecule is Cc1ccc2nc(NC(=O)CC(C)(C)CN)sc2c1. The Hall–Kier alpha value is -1.46. The molecule has 0 bridgehead atoms. The van der Waals surface area contributed by atoms with Crippen LogP contribution in [0.15, 0.2) is 18.2 Å². The standard InChI is InChI=1S/C14H19N3OS/c1-9-4-5-10-11(6-9)19-13(16-10)17-12(18)7-14(2,3)8-15/h4-6H,7-8,15H2,1-3H3,(H,16,17,18). The predicted octanol–water partition coefficient (Wildman–Crippen LogP) is 2.92. The van der Waals surface area contributed by atoms with Gasteiger partial charge in [-0.3, -0.25) is 4.79 Å². The summed E-state index contributed by atoms with van der Waals surface area (Å²) in [7, 11) is 0. The first kappa shape index (κ1) is 14.0. The van der Waals surface area contributed by atoms with Crippen molar-refractivity contribution in [2.75, 3.05) is 11.9 Å². The molecule has 0 aliphatic carbocycles. The van der Waals surface area contributed by atoms with E-state index in [1.807, 2.05) is 32.9 Å². The van der Waals surface area contributed by atoms with Crippen molar-refractivity contribution in [1.29, 1.82) is 0 Å². The maximum absolute atomic E-state index is 11.9. The van der Waals surface area contributed by atoms with Gasteiger partial charge in [0, 0.05) is 6.42 Å². The van der Waals surface area contributed by atoms with E-state index >= 15 is 0 Å². The Labute approximate surface area is 117 Å². The number of hydrogen-bond acceptors (Lipinski definition) is 4. The summed E-state index contributed by atoms with van der Waals surface area (Å²) in [4.78, 5) is 16.3. The van der Waals surface area contributed by atoms with Gasteiger partial charge in [-0.2, -0.15) is 0 Å². The van der Waals surface area contributed by atoms with E-state index in [-0.39, 0.29) is 11.3 Å². The number of nitrogens with zero attached hydrogens (tertiary/aromatic N) is 1. The van der Waals surface area contributed by atoms with Gasteiger partial charge in [0.05, 0.1) is 10.2 Å². The van der Waals surface area contributed by atoms with Gasteiger partial charge in [0.25, 0.3) is 0 Å². The Kier molecular flexibility index (Phi) is 3.87. The number of rotatable bonds is 4. The molecule has 3 N–H and O–H groups in total. The fourth-order valence-corrected chi connectivity index (χ4v) is 2.74. The highest BCUT2D eigenvalue weighted by atomic mass is 32.1. The van der Waals surface area contributed by atoms with Crippen LogP contribution in [0.1, 0.15) is 25.8 Å². The molecule has 1 amide bonds. The molecule has 0 unspecified atom stereocenters. The first-order valence-corrected chi connectivity index (χ1v) is 7.08. The molecule has 1 heterocycles. The van der Waals surface area contributed by atoms with Gasteiger partial charge in [-0.25, -0.2) is 4.98 Å². The van der Waals surface area contributed by atoms with Gasteiger partial charge in [-0.05, 0) is 36.6 Å². The smallest absolute Gasteiger partial charge is 0.226 e. The molecule has 4 nitrogen and oxygen atoms in total. The molecule has 1 aromatic heterocycles. The van der Waals surface area contributed by atoms with Crippen LogP contribution < -0.4 is 11.1 Å². The number of carbonyl (C=O) groups excluding carboxylic acids is 1. The third-order valence-electron chi connectivity index (χ3n) is 2.98. The normalized spacial score (nSPS) is 11.8. The van der Waals surface area contributed by atoms with Crippen LogP contribution in [0.5, 0.6) is 0 Å². The second kappa shape index (κ2) is 5.27. The highest BCUT2D eigenvalue weighted by molar-refractivity contribution is 7.22. The molecule has 0 saturated heterocycles. The van der Waals surface area contributed by atoms with Gasteiger partial charge in [0.15, 0.2) is 5.13 Å². The van der Waals surface area contributed by atoms with Crippen LogP contribution in [0, 0.1) is 12.3 Å². The molecule has 1 aromatic carbocycles. The summed E-state index contributed by atoms with van der Waals surface area (Å²) >= 11 is 1.50. The molecule has 0 atom stereocenters. The number of aromatic nitrogens is 1. The van der Waals surface area contributed by atoms with Gasteiger partial charge in [-0.1, -0.05) is 31.3 Å². The van der Waals surface area contributed by atoms with E-state index in [1.165, 1.54) is 16.9 Å². The van der Waals surface area contributed by atoms with Crippen molar-refractivity contribution in [2.45, 2.75) is 27.2 Å². The molecule has 102 valence electrons. The quantitative estimate of drug-likeness (QED) is 0.903. The van der Waals surface area contributed by atoms with Crippen molar-refractivity contribution in [1.82, 2.24) is 4.98 Å². The molecule has 5 heteroatoms. The predicted molar refractivity (Wildman–Crippen MR) is 80.4 cm³/mol. The molecule has 0 aliphatic heterocycles. The number of hydrogen-bond donors (Lipinski definition) is 2. The molecule has 0 aliphatic rings. The molecule has 2 rings (SSSR count). The maximum Gasteiger partial charge on any atom is 0.226 e. The third kappa shape index (κ3) is 3.52. The average Bonchev–Trinajstić information content (AvgIpc) is 2.69. The summed E-state index contributed by atoms with van der Waals surface area (Å²) in [5.41, 5.74) is 7.56. The number of aryl methyl sites for hydroxylation is 1. The maximum atomic E-state index is 11.9. The van der Waals surface area contributed by atoms with Crippen molar-refractivity contribution in [2.24, 2.45) is 11.1 Å². The molecule has 0 fully saturated rings. The van der Waals surface area contributed by atoms with Crippen LogP contribution in [-0.2, 0) is 4.79 Å². The number of amides is 1. The van der Waals surface area contributed by atoms with Gasteiger partial charge in [0.2, 0.25) is 5.91 Å². The molecule has 0 radical (unpaired) electrons. The molecule has 2 aromatic rings. The highest BCUT2D eigenvalue weighted by Crippen LogP contribution is 2.27. The molecule has 0 spiro atoms. The van der Waals surface area contributed by atoms with E-state index in [0.717, 1.165) is 10.2 Å². The monoisotopic (exact) mass is 277 g/mol. The van der Waals surface area contributed by atoms with Gasteiger partial charge in [-0.15, -0.1) is 0 Å². The van der Waals surface area contributed by atoms with E-state index in [4.69, 9.17) is 5.73 Å². The van der Waals surface area contributed by atoms with Crippen LogP contribution in [-0.4, -0.2) is 17.4 Å². The van der Waals surface area contributed by atoms with Crippen LogP contribution in [0.4, 0.5) is 5.13 Å². The Bertz CT molecular complexity index is 604. The Morgan fingerprint density at radius 1 is 1.47 bits per heavy atom. The average molecular weight is 277 g/mol. The number of nitrogens with one attached hydrogen (secondary N) is 1. The van der Waals surface area contributed by atoms with Crippen LogP contribution in [0.25, 0.3) is 10.2 Å². The van der Waals surface area contributed by atoms with E-state index in [0.29, 0.717) is 18.1 Å². The number of benzene rings is 1. The number of anilines is 1. The second-order valence-electron chi connectivity index (χ2n) is 5.58. The minimum atomic E-state index is -0.183. The summed E-state index contributed by atoms with van der Waals surface area (Å²) in [5, 5.41) is 3.51. The molecule has 0 saturated carbocycles. The van der Waals surface area contributed by atoms with E-state index in [1.54, 1.807) is 0 Å². The minimum absolute atomic E-state index is 0.0359. The summed E-state index contributed by atoms with van der Waals surface area (Å²) in [6.45, 7) is 6.49. The second-order valence-corrected chi connectivity index (χ2v) is 6.61. The van der Waals surface area contributed by atoms with E-state index in [2.05, 4.69) is 16.4 Å². The summed E-state index contributed by atoms with van der Waals surface area (Å²) < 4.78 is 1.09. The highest BCUT2D eigenvalue weighted by Gasteiger charge is 2.20. The zero-order valence-electron chi connectivity index (χ0n) is 11.5. The molecular formula is C14H19N3OS. The van der Waals surface area contributed by atoms with E-state index < -0.39 is 0 Å². The first-order valence-electron chi connectivity index (χ1n) is 6.27. The number of fused-ring (bicyclic) bond motifs is 1. The lowest BCUT2D eigenvalue weighted by atomic mass is 9.89. The van der Waals surface area contributed by atoms with Crippen molar-refractivity contribution < 1.29 is 4.79 Å². The largest absolute Gasteiger partial charge is 0.330 e. The fourth-order valence-electron chi connectivity index (χ4n) is 1.76. The number of nitrogens with two attached hydrogens (primary N) is 1. The fraction of sp³-hybridized carbons (Fsp3) is 0.429. The van der Waals surface area contributed by atoms with Gasteiger partial charge >= 0.3 is 0 Å². The van der Waals surface area contributed by atoms with Crippen molar-refractivity contribution in [3.63, 3.8) is 0 Å². The summed E-state index contributed by atoms with van der Waals surface area (Å²) in [6, 6.07) is 6.07. The summed E-state index contributed by atoms with van der Waals surface area (Å²) in [6.07, 6.45) is 0.401. The lowest BCUT2D eigenvalue weighted by Crippen LogP contribution is -2.29. The lowest BCUT2D eigenvalue weighted by molar-refractivity contribution is -0.117. The number of carbonyl (C=O) groups is 1. The van der Waals surface area contributed by atoms with Gasteiger partial charge < -0.3 is 11.1 Å². The van der Waals surface area contributed by atoms with Crippen molar-refractivity contribution >= 4 is 32.6 Å². The summed E-state index contributed by atoms with van der Waals surface area (Å²) in [5.74, 6) is -0.0359. The Balaban J connectivity index is 2.11. The minimum Gasteiger partial charge on any atom is -0.330 e.